The maximum Gasteiger partial charge on any atom is 0.411 e. The first-order valence-corrected chi connectivity index (χ1v) is 9.07. The van der Waals surface area contributed by atoms with Gasteiger partial charge in [0.05, 0.1) is 0 Å². The molecule has 0 radical (unpaired) electrons. The van der Waals surface area contributed by atoms with E-state index in [-0.39, 0.29) is 18.2 Å². The Hall–Kier alpha value is -3.87. The zero-order valence-corrected chi connectivity index (χ0v) is 15.6. The number of carbonyl (C=O) groups excluding carboxylic acids is 2. The van der Waals surface area contributed by atoms with Crippen molar-refractivity contribution in [3.05, 3.63) is 88.3 Å². The number of hydrogen-bond donors (Lipinski definition) is 1. The molecule has 7 nitrogen and oxygen atoms in total. The summed E-state index contributed by atoms with van der Waals surface area (Å²) in [5, 5.41) is 2.41. The Kier molecular flexibility index (Phi) is 4.87. The molecule has 1 aliphatic carbocycles. The molecule has 0 unspecified atom stereocenters. The van der Waals surface area contributed by atoms with Gasteiger partial charge in [-0.25, -0.2) is 9.59 Å². The summed E-state index contributed by atoms with van der Waals surface area (Å²) in [6, 6.07) is 18.9. The molecule has 1 amide bonds. The van der Waals surface area contributed by atoms with Gasteiger partial charge < -0.3 is 9.57 Å². The number of benzene rings is 2. The normalized spacial score (nSPS) is 12.0. The van der Waals surface area contributed by atoms with Gasteiger partial charge in [0.1, 0.15) is 12.3 Å². The molecule has 3 aromatic rings. The first kappa shape index (κ1) is 18.5. The van der Waals surface area contributed by atoms with Crippen LogP contribution in [0, 0.1) is 0 Å². The van der Waals surface area contributed by atoms with Crippen LogP contribution < -0.4 is 15.7 Å². The van der Waals surface area contributed by atoms with Crippen LogP contribution in [0.25, 0.3) is 11.1 Å². The van der Waals surface area contributed by atoms with Gasteiger partial charge in [-0.15, -0.1) is 4.73 Å². The van der Waals surface area contributed by atoms with E-state index in [1.807, 2.05) is 36.4 Å². The van der Waals surface area contributed by atoms with Crippen LogP contribution in [0.2, 0.25) is 0 Å². The molecule has 0 bridgehead atoms. The highest BCUT2D eigenvalue weighted by Crippen LogP contribution is 2.44. The molecule has 146 valence electrons. The molecule has 29 heavy (non-hydrogen) atoms. The Bertz CT molecular complexity index is 1110. The van der Waals surface area contributed by atoms with Crippen LogP contribution in [0.4, 0.5) is 10.5 Å². The molecular weight excluding hydrogens is 372 g/mol. The molecule has 0 saturated carbocycles. The maximum atomic E-state index is 12.3. The molecule has 1 aliphatic rings. The average molecular weight is 390 g/mol. The number of rotatable bonds is 4. The van der Waals surface area contributed by atoms with Gasteiger partial charge in [-0.3, -0.25) is 10.1 Å². The summed E-state index contributed by atoms with van der Waals surface area (Å²) >= 11 is 0. The minimum Gasteiger partial charge on any atom is -0.448 e. The Morgan fingerprint density at radius 3 is 2.21 bits per heavy atom. The fraction of sp³-hybridized carbons (Fsp3) is 0.136. The molecule has 1 heterocycles. The molecule has 7 heteroatoms. The lowest BCUT2D eigenvalue weighted by Gasteiger charge is -2.14. The zero-order chi connectivity index (χ0) is 20.4. The highest BCUT2D eigenvalue weighted by Gasteiger charge is 2.29. The van der Waals surface area contributed by atoms with Crippen LogP contribution in [0.15, 0.2) is 71.7 Å². The van der Waals surface area contributed by atoms with Gasteiger partial charge in [0, 0.05) is 19.0 Å². The van der Waals surface area contributed by atoms with Crippen molar-refractivity contribution in [3.63, 3.8) is 0 Å². The highest BCUT2D eigenvalue weighted by atomic mass is 16.7. The minimum absolute atomic E-state index is 0.0500. The van der Waals surface area contributed by atoms with Gasteiger partial charge in [-0.05, 0) is 34.4 Å². The number of aromatic nitrogens is 1. The first-order chi connectivity index (χ1) is 14.0. The molecule has 1 aromatic heterocycles. The van der Waals surface area contributed by atoms with E-state index in [4.69, 9.17) is 9.57 Å². The van der Waals surface area contributed by atoms with Crippen LogP contribution in [0.1, 0.15) is 24.0 Å². The summed E-state index contributed by atoms with van der Waals surface area (Å²) < 4.78 is 6.17. The number of pyridine rings is 1. The van der Waals surface area contributed by atoms with Crippen molar-refractivity contribution in [2.24, 2.45) is 0 Å². The smallest absolute Gasteiger partial charge is 0.411 e. The van der Waals surface area contributed by atoms with Crippen molar-refractivity contribution in [3.8, 4) is 11.1 Å². The summed E-state index contributed by atoms with van der Waals surface area (Å²) in [5.41, 5.74) is 3.73. The fourth-order valence-corrected chi connectivity index (χ4v) is 3.53. The fourth-order valence-electron chi connectivity index (χ4n) is 3.53. The predicted molar refractivity (Wildman–Crippen MR) is 107 cm³/mol. The van der Waals surface area contributed by atoms with E-state index in [9.17, 15) is 14.4 Å². The van der Waals surface area contributed by atoms with Crippen molar-refractivity contribution in [1.82, 2.24) is 4.73 Å². The third-order valence-corrected chi connectivity index (χ3v) is 4.72. The van der Waals surface area contributed by atoms with Gasteiger partial charge in [0.15, 0.2) is 0 Å². The number of ether oxygens (including phenoxy) is 1. The van der Waals surface area contributed by atoms with Crippen LogP contribution >= 0.6 is 0 Å². The molecule has 0 aliphatic heterocycles. The Balaban J connectivity index is 1.49. The lowest BCUT2D eigenvalue weighted by molar-refractivity contribution is -0.141. The second-order valence-corrected chi connectivity index (χ2v) is 6.59. The second kappa shape index (κ2) is 7.63. The SMILES string of the molecule is CC(=O)On1cccc(NC(=O)OCC2c3ccccc3-c3ccccc32)c1=O. The summed E-state index contributed by atoms with van der Waals surface area (Å²) in [5.74, 6) is -0.730. The molecule has 0 saturated heterocycles. The lowest BCUT2D eigenvalue weighted by Crippen LogP contribution is -2.32. The third kappa shape index (κ3) is 3.62. The van der Waals surface area contributed by atoms with E-state index >= 15 is 0 Å². The molecule has 0 atom stereocenters. The van der Waals surface area contributed by atoms with E-state index in [1.54, 1.807) is 0 Å². The van der Waals surface area contributed by atoms with Gasteiger partial charge >= 0.3 is 17.6 Å². The summed E-state index contributed by atoms with van der Waals surface area (Å²) in [7, 11) is 0. The zero-order valence-electron chi connectivity index (χ0n) is 15.6. The summed E-state index contributed by atoms with van der Waals surface area (Å²) in [4.78, 5) is 40.3. The second-order valence-electron chi connectivity index (χ2n) is 6.59. The number of hydrogen-bond acceptors (Lipinski definition) is 5. The quantitative estimate of drug-likeness (QED) is 0.739. The topological polar surface area (TPSA) is 86.6 Å². The standard InChI is InChI=1S/C22H18N2O5/c1-14(25)29-24-12-6-11-20(21(24)26)23-22(27)28-13-19-17-9-4-2-7-15(17)16-8-3-5-10-18(16)19/h2-12,19H,13H2,1H3,(H,23,27). The van der Waals surface area contributed by atoms with Crippen LogP contribution in [-0.2, 0) is 9.53 Å². The summed E-state index contributed by atoms with van der Waals surface area (Å²) in [6.45, 7) is 1.31. The van der Waals surface area contributed by atoms with Crippen molar-refractivity contribution < 1.29 is 19.2 Å². The largest absolute Gasteiger partial charge is 0.448 e. The van der Waals surface area contributed by atoms with Crippen LogP contribution in [0.5, 0.6) is 0 Å². The maximum absolute atomic E-state index is 12.3. The van der Waals surface area contributed by atoms with Gasteiger partial charge in [0.2, 0.25) is 0 Å². The van der Waals surface area contributed by atoms with Gasteiger partial charge in [0.25, 0.3) is 0 Å². The van der Waals surface area contributed by atoms with Crippen molar-refractivity contribution in [2.75, 3.05) is 11.9 Å². The first-order valence-electron chi connectivity index (χ1n) is 9.07. The number of amides is 1. The van der Waals surface area contributed by atoms with Gasteiger partial charge in [-0.1, -0.05) is 48.5 Å². The minimum atomic E-state index is -0.760. The molecule has 1 N–H and O–H groups in total. The molecule has 4 rings (SSSR count). The van der Waals surface area contributed by atoms with Crippen molar-refractivity contribution >= 4 is 17.7 Å². The van der Waals surface area contributed by atoms with E-state index < -0.39 is 17.6 Å². The third-order valence-electron chi connectivity index (χ3n) is 4.72. The number of anilines is 1. The number of nitrogens with zero attached hydrogens (tertiary/aromatic N) is 1. The number of nitrogens with one attached hydrogen (secondary N) is 1. The average Bonchev–Trinajstić information content (AvgIpc) is 3.03. The van der Waals surface area contributed by atoms with E-state index in [0.29, 0.717) is 0 Å². The molecule has 0 fully saturated rings. The summed E-state index contributed by atoms with van der Waals surface area (Å²) in [6.07, 6.45) is 0.525. The van der Waals surface area contributed by atoms with E-state index in [2.05, 4.69) is 17.4 Å². The monoisotopic (exact) mass is 390 g/mol. The van der Waals surface area contributed by atoms with Crippen molar-refractivity contribution in [2.45, 2.75) is 12.8 Å². The highest BCUT2D eigenvalue weighted by molar-refractivity contribution is 5.84. The van der Waals surface area contributed by atoms with E-state index in [0.717, 1.165) is 27.0 Å². The van der Waals surface area contributed by atoms with Crippen LogP contribution in [0.3, 0.4) is 0 Å². The number of fused-ring (bicyclic) bond motifs is 3. The van der Waals surface area contributed by atoms with E-state index in [1.165, 1.54) is 25.3 Å². The Morgan fingerprint density at radius 1 is 0.966 bits per heavy atom. The van der Waals surface area contributed by atoms with Gasteiger partial charge in [-0.2, -0.15) is 0 Å². The predicted octanol–water partition coefficient (Wildman–Crippen LogP) is 3.18. The molecule has 0 spiro atoms. The lowest BCUT2D eigenvalue weighted by atomic mass is 9.98. The molecule has 2 aromatic carbocycles. The Labute approximate surface area is 166 Å². The molecular formula is C22H18N2O5. The van der Waals surface area contributed by atoms with Crippen molar-refractivity contribution in [1.29, 1.82) is 0 Å². The Morgan fingerprint density at radius 2 is 1.59 bits per heavy atom. The number of carbonyl (C=O) groups is 2. The van der Waals surface area contributed by atoms with Crippen LogP contribution in [-0.4, -0.2) is 23.4 Å².